The first-order valence-electron chi connectivity index (χ1n) is 6.36. The third-order valence-corrected chi connectivity index (χ3v) is 3.08. The van der Waals surface area contributed by atoms with E-state index in [1.54, 1.807) is 24.3 Å². The number of benzene rings is 1. The number of hydrogen-bond donors (Lipinski definition) is 2. The molecular weight excluding hydrogens is 242 g/mol. The van der Waals surface area contributed by atoms with Gasteiger partial charge in [-0.15, -0.1) is 0 Å². The summed E-state index contributed by atoms with van der Waals surface area (Å²) in [7, 11) is 0. The van der Waals surface area contributed by atoms with Gasteiger partial charge in [0.25, 0.3) is 0 Å². The smallest absolute Gasteiger partial charge is 0.230 e. The Morgan fingerprint density at radius 3 is 2.58 bits per heavy atom. The maximum Gasteiger partial charge on any atom is 0.230 e. The average Bonchev–Trinajstić information content (AvgIpc) is 2.36. The molecule has 104 valence electrons. The van der Waals surface area contributed by atoms with Gasteiger partial charge < -0.3 is 15.2 Å². The minimum Gasteiger partial charge on any atom is -0.392 e. The van der Waals surface area contributed by atoms with Crippen LogP contribution in [0.4, 0.5) is 5.69 Å². The van der Waals surface area contributed by atoms with Crippen molar-refractivity contribution in [3.05, 3.63) is 29.8 Å². The fraction of sp³-hybridized carbons (Fsp3) is 0.467. The van der Waals surface area contributed by atoms with E-state index in [2.05, 4.69) is 5.32 Å². The van der Waals surface area contributed by atoms with Crippen molar-refractivity contribution in [2.24, 2.45) is 5.41 Å². The number of anilines is 1. The highest BCUT2D eigenvalue weighted by Gasteiger charge is 2.27. The zero-order chi connectivity index (χ0) is 14.5. The Bertz CT molecular complexity index is 466. The molecule has 0 spiro atoms. The van der Waals surface area contributed by atoms with E-state index >= 15 is 0 Å². The quantitative estimate of drug-likeness (QED) is 0.828. The van der Waals surface area contributed by atoms with Gasteiger partial charge in [-0.25, -0.2) is 0 Å². The van der Waals surface area contributed by atoms with Crippen molar-refractivity contribution < 1.29 is 14.7 Å². The number of carbonyl (C=O) groups is 2. The highest BCUT2D eigenvalue weighted by Crippen LogP contribution is 2.25. The predicted octanol–water partition coefficient (Wildman–Crippen LogP) is 2.51. The maximum absolute atomic E-state index is 12.2. The Morgan fingerprint density at radius 2 is 2.00 bits per heavy atom. The van der Waals surface area contributed by atoms with Crippen molar-refractivity contribution in [2.45, 2.75) is 40.2 Å². The molecule has 0 aromatic heterocycles. The van der Waals surface area contributed by atoms with E-state index in [1.807, 2.05) is 13.8 Å². The van der Waals surface area contributed by atoms with Gasteiger partial charge in [0.1, 0.15) is 5.78 Å². The van der Waals surface area contributed by atoms with Gasteiger partial charge in [-0.05, 0) is 31.0 Å². The van der Waals surface area contributed by atoms with E-state index in [9.17, 15) is 9.59 Å². The molecule has 0 fully saturated rings. The molecule has 0 aliphatic rings. The monoisotopic (exact) mass is 263 g/mol. The lowest BCUT2D eigenvalue weighted by atomic mass is 9.86. The molecule has 1 rings (SSSR count). The maximum atomic E-state index is 12.2. The Kier molecular flexibility index (Phi) is 5.24. The molecule has 0 aliphatic carbocycles. The van der Waals surface area contributed by atoms with E-state index in [-0.39, 0.29) is 18.3 Å². The number of carbonyl (C=O) groups excluding carboxylic acids is 2. The lowest BCUT2D eigenvalue weighted by Gasteiger charge is -2.23. The number of amides is 1. The molecule has 0 bridgehead atoms. The molecule has 0 atom stereocenters. The van der Waals surface area contributed by atoms with Crippen LogP contribution in [0.5, 0.6) is 0 Å². The van der Waals surface area contributed by atoms with Crippen LogP contribution in [0.2, 0.25) is 0 Å². The summed E-state index contributed by atoms with van der Waals surface area (Å²) in [5, 5.41) is 11.9. The summed E-state index contributed by atoms with van der Waals surface area (Å²) in [5.74, 6) is -0.0352. The van der Waals surface area contributed by atoms with Crippen LogP contribution in [0.3, 0.4) is 0 Å². The first-order chi connectivity index (χ1) is 8.85. The Morgan fingerprint density at radius 1 is 1.32 bits per heavy atom. The number of rotatable bonds is 6. The Balaban J connectivity index is 2.69. The molecular formula is C15H21NO3. The van der Waals surface area contributed by atoms with E-state index in [0.29, 0.717) is 18.5 Å². The van der Waals surface area contributed by atoms with E-state index in [0.717, 1.165) is 5.56 Å². The molecule has 0 heterocycles. The van der Waals surface area contributed by atoms with Crippen molar-refractivity contribution in [1.82, 2.24) is 0 Å². The summed E-state index contributed by atoms with van der Waals surface area (Å²) in [6, 6.07) is 7.08. The number of ketones is 1. The summed E-state index contributed by atoms with van der Waals surface area (Å²) < 4.78 is 0. The summed E-state index contributed by atoms with van der Waals surface area (Å²) in [5.41, 5.74) is 0.813. The lowest BCUT2D eigenvalue weighted by Crippen LogP contribution is -2.31. The second-order valence-electron chi connectivity index (χ2n) is 5.40. The van der Waals surface area contributed by atoms with Crippen LogP contribution in [0.1, 0.15) is 39.2 Å². The Hall–Kier alpha value is -1.68. The van der Waals surface area contributed by atoms with Gasteiger partial charge in [-0.2, -0.15) is 0 Å². The molecule has 4 heteroatoms. The van der Waals surface area contributed by atoms with E-state index in [1.165, 1.54) is 6.92 Å². The summed E-state index contributed by atoms with van der Waals surface area (Å²) in [6.45, 7) is 5.11. The van der Waals surface area contributed by atoms with Crippen molar-refractivity contribution in [1.29, 1.82) is 0 Å². The number of aliphatic hydroxyl groups excluding tert-OH is 1. The average molecular weight is 263 g/mol. The molecule has 1 aromatic carbocycles. The molecule has 2 N–H and O–H groups in total. The van der Waals surface area contributed by atoms with Crippen molar-refractivity contribution in [3.8, 4) is 0 Å². The van der Waals surface area contributed by atoms with Crippen LogP contribution in [-0.2, 0) is 16.2 Å². The van der Waals surface area contributed by atoms with Gasteiger partial charge in [0, 0.05) is 17.5 Å². The van der Waals surface area contributed by atoms with Crippen molar-refractivity contribution in [3.63, 3.8) is 0 Å². The minimum absolute atomic E-state index is 0.0581. The van der Waals surface area contributed by atoms with E-state index < -0.39 is 5.41 Å². The molecule has 4 nitrogen and oxygen atoms in total. The molecule has 0 saturated heterocycles. The fourth-order valence-electron chi connectivity index (χ4n) is 1.65. The molecule has 0 aliphatic heterocycles. The Labute approximate surface area is 113 Å². The van der Waals surface area contributed by atoms with Gasteiger partial charge in [0.2, 0.25) is 5.91 Å². The van der Waals surface area contributed by atoms with Gasteiger partial charge in [0.05, 0.1) is 6.61 Å². The van der Waals surface area contributed by atoms with Crippen LogP contribution in [-0.4, -0.2) is 16.8 Å². The van der Waals surface area contributed by atoms with Crippen LogP contribution >= 0.6 is 0 Å². The third kappa shape index (κ3) is 4.83. The number of aliphatic hydroxyl groups is 1. The third-order valence-electron chi connectivity index (χ3n) is 3.08. The van der Waals surface area contributed by atoms with Gasteiger partial charge in [-0.3, -0.25) is 4.79 Å². The fourth-order valence-corrected chi connectivity index (χ4v) is 1.65. The molecule has 1 aromatic rings. The highest BCUT2D eigenvalue weighted by molar-refractivity contribution is 5.95. The van der Waals surface area contributed by atoms with Gasteiger partial charge in [0.15, 0.2) is 0 Å². The number of Topliss-reactive ketones (excluding diaryl/α,β-unsaturated/α-hetero) is 1. The van der Waals surface area contributed by atoms with Gasteiger partial charge >= 0.3 is 0 Å². The van der Waals surface area contributed by atoms with Crippen LogP contribution < -0.4 is 5.32 Å². The standard InChI is InChI=1S/C15H21NO3/c1-11(18)7-8-15(2,3)14(19)16-13-6-4-5-12(9-13)10-17/h4-6,9,17H,7-8,10H2,1-3H3,(H,16,19). The minimum atomic E-state index is -0.596. The summed E-state index contributed by atoms with van der Waals surface area (Å²) in [6.07, 6.45) is 0.922. The first-order valence-corrected chi connectivity index (χ1v) is 6.36. The van der Waals surface area contributed by atoms with Crippen LogP contribution in [0.25, 0.3) is 0 Å². The zero-order valence-corrected chi connectivity index (χ0v) is 11.7. The SMILES string of the molecule is CC(=O)CCC(C)(C)C(=O)Nc1cccc(CO)c1. The largest absolute Gasteiger partial charge is 0.392 e. The number of nitrogens with one attached hydrogen (secondary N) is 1. The number of hydrogen-bond acceptors (Lipinski definition) is 3. The highest BCUT2D eigenvalue weighted by atomic mass is 16.3. The molecule has 0 saturated carbocycles. The zero-order valence-electron chi connectivity index (χ0n) is 11.7. The summed E-state index contributed by atoms with van der Waals surface area (Å²) in [4.78, 5) is 23.2. The van der Waals surface area contributed by atoms with Gasteiger partial charge in [-0.1, -0.05) is 26.0 Å². The lowest BCUT2D eigenvalue weighted by molar-refractivity contribution is -0.125. The predicted molar refractivity (Wildman–Crippen MR) is 74.7 cm³/mol. The second kappa shape index (κ2) is 6.48. The van der Waals surface area contributed by atoms with Crippen molar-refractivity contribution in [2.75, 3.05) is 5.32 Å². The molecule has 19 heavy (non-hydrogen) atoms. The topological polar surface area (TPSA) is 66.4 Å². The summed E-state index contributed by atoms with van der Waals surface area (Å²) >= 11 is 0. The van der Waals surface area contributed by atoms with Crippen LogP contribution in [0, 0.1) is 5.41 Å². The normalized spacial score (nSPS) is 11.2. The first kappa shape index (κ1) is 15.4. The second-order valence-corrected chi connectivity index (χ2v) is 5.40. The van der Waals surface area contributed by atoms with Crippen molar-refractivity contribution >= 4 is 17.4 Å². The molecule has 0 unspecified atom stereocenters. The molecule has 0 radical (unpaired) electrons. The van der Waals surface area contributed by atoms with Crippen LogP contribution in [0.15, 0.2) is 24.3 Å². The molecule has 1 amide bonds. The van der Waals surface area contributed by atoms with E-state index in [4.69, 9.17) is 5.11 Å².